The van der Waals surface area contributed by atoms with Crippen molar-refractivity contribution in [1.29, 1.82) is 0 Å². The first-order chi connectivity index (χ1) is 12.6. The Bertz CT molecular complexity index is 813. The van der Waals surface area contributed by atoms with Crippen LogP contribution in [0.3, 0.4) is 0 Å². The summed E-state index contributed by atoms with van der Waals surface area (Å²) in [6, 6.07) is 4.32. The van der Waals surface area contributed by atoms with Crippen molar-refractivity contribution >= 4 is 15.7 Å². The number of sulfone groups is 1. The SMILES string of the molecule is Cc1c(CC(=O)N2CCC(CS(=O)(=O)C(C)(C)C)CC2)ccc2c1CCC2. The van der Waals surface area contributed by atoms with E-state index in [1.165, 1.54) is 23.1 Å². The molecule has 1 aliphatic carbocycles. The highest BCUT2D eigenvalue weighted by Gasteiger charge is 2.33. The first kappa shape index (κ1) is 20.4. The van der Waals surface area contributed by atoms with Crippen LogP contribution >= 0.6 is 0 Å². The second kappa shape index (κ2) is 7.57. The Labute approximate surface area is 164 Å². The number of likely N-dealkylation sites (tertiary alicyclic amines) is 1. The van der Waals surface area contributed by atoms with Gasteiger partial charge in [-0.1, -0.05) is 12.1 Å². The molecule has 0 N–H and O–H groups in total. The largest absolute Gasteiger partial charge is 0.342 e. The fourth-order valence-electron chi connectivity index (χ4n) is 4.27. The number of hydrogen-bond donors (Lipinski definition) is 0. The quantitative estimate of drug-likeness (QED) is 0.790. The van der Waals surface area contributed by atoms with Crippen molar-refractivity contribution in [1.82, 2.24) is 4.90 Å². The lowest BCUT2D eigenvalue weighted by Crippen LogP contribution is -2.42. The molecule has 0 saturated carbocycles. The van der Waals surface area contributed by atoms with E-state index < -0.39 is 14.6 Å². The minimum absolute atomic E-state index is 0.167. The maximum Gasteiger partial charge on any atom is 0.226 e. The zero-order chi connectivity index (χ0) is 19.8. The molecule has 0 spiro atoms. The van der Waals surface area contributed by atoms with Gasteiger partial charge in [-0.15, -0.1) is 0 Å². The van der Waals surface area contributed by atoms with Gasteiger partial charge < -0.3 is 4.90 Å². The van der Waals surface area contributed by atoms with Gasteiger partial charge in [-0.25, -0.2) is 8.42 Å². The van der Waals surface area contributed by atoms with Gasteiger partial charge in [0, 0.05) is 13.1 Å². The van der Waals surface area contributed by atoms with Crippen LogP contribution < -0.4 is 0 Å². The van der Waals surface area contributed by atoms with Gasteiger partial charge in [-0.05, 0) is 88.0 Å². The summed E-state index contributed by atoms with van der Waals surface area (Å²) in [6.07, 6.45) is 5.54. The third-order valence-corrected chi connectivity index (χ3v) is 9.15. The molecule has 0 aromatic heterocycles. The van der Waals surface area contributed by atoms with Crippen molar-refractivity contribution in [2.45, 2.75) is 71.0 Å². The minimum atomic E-state index is -3.10. The number of benzene rings is 1. The summed E-state index contributed by atoms with van der Waals surface area (Å²) < 4.78 is 24.2. The molecule has 1 amide bonds. The Morgan fingerprint density at radius 2 is 1.81 bits per heavy atom. The molecule has 27 heavy (non-hydrogen) atoms. The lowest BCUT2D eigenvalue weighted by Gasteiger charge is -2.33. The van der Waals surface area contributed by atoms with Crippen LogP contribution in [-0.4, -0.2) is 42.8 Å². The van der Waals surface area contributed by atoms with Crippen molar-refractivity contribution in [2.24, 2.45) is 5.92 Å². The van der Waals surface area contributed by atoms with Gasteiger partial charge in [0.25, 0.3) is 0 Å². The molecule has 2 aliphatic rings. The third kappa shape index (κ3) is 4.39. The van der Waals surface area contributed by atoms with Crippen LogP contribution in [0.4, 0.5) is 0 Å². The van der Waals surface area contributed by atoms with E-state index in [0.717, 1.165) is 31.2 Å². The maximum atomic E-state index is 12.8. The van der Waals surface area contributed by atoms with Gasteiger partial charge in [0.1, 0.15) is 0 Å². The summed E-state index contributed by atoms with van der Waals surface area (Å²) in [7, 11) is -3.10. The summed E-state index contributed by atoms with van der Waals surface area (Å²) in [5.74, 6) is 0.579. The molecule has 1 heterocycles. The Morgan fingerprint density at radius 3 is 2.44 bits per heavy atom. The van der Waals surface area contributed by atoms with Crippen LogP contribution in [0.1, 0.15) is 62.3 Å². The average molecular weight is 392 g/mol. The molecule has 5 heteroatoms. The van der Waals surface area contributed by atoms with Crippen LogP contribution in [0.2, 0.25) is 0 Å². The molecule has 4 nitrogen and oxygen atoms in total. The lowest BCUT2D eigenvalue weighted by molar-refractivity contribution is -0.131. The van der Waals surface area contributed by atoms with Crippen LogP contribution in [0.5, 0.6) is 0 Å². The van der Waals surface area contributed by atoms with E-state index in [0.29, 0.717) is 19.5 Å². The van der Waals surface area contributed by atoms with Gasteiger partial charge in [0.05, 0.1) is 16.9 Å². The molecule has 1 aromatic carbocycles. The van der Waals surface area contributed by atoms with Crippen LogP contribution in [-0.2, 0) is 33.9 Å². The fourth-order valence-corrected chi connectivity index (χ4v) is 5.73. The first-order valence-corrected chi connectivity index (χ1v) is 11.8. The predicted molar refractivity (Wildman–Crippen MR) is 110 cm³/mol. The number of carbonyl (C=O) groups is 1. The van der Waals surface area contributed by atoms with E-state index in [4.69, 9.17) is 0 Å². The maximum absolute atomic E-state index is 12.8. The van der Waals surface area contributed by atoms with Crippen molar-refractivity contribution in [2.75, 3.05) is 18.8 Å². The van der Waals surface area contributed by atoms with Gasteiger partial charge in [0.2, 0.25) is 5.91 Å². The fraction of sp³-hybridized carbons (Fsp3) is 0.682. The first-order valence-electron chi connectivity index (χ1n) is 10.2. The molecule has 0 bridgehead atoms. The normalized spacial score (nSPS) is 18.6. The molecular weight excluding hydrogens is 358 g/mol. The summed E-state index contributed by atoms with van der Waals surface area (Å²) >= 11 is 0. The molecule has 1 aromatic rings. The second-order valence-electron chi connectivity index (χ2n) is 9.24. The molecule has 150 valence electrons. The van der Waals surface area contributed by atoms with Crippen molar-refractivity contribution in [3.05, 3.63) is 34.4 Å². The highest BCUT2D eigenvalue weighted by atomic mass is 32.2. The molecule has 1 fully saturated rings. The number of hydrogen-bond acceptors (Lipinski definition) is 3. The summed E-state index contributed by atoms with van der Waals surface area (Å²) in [4.78, 5) is 14.7. The van der Waals surface area contributed by atoms with E-state index in [-0.39, 0.29) is 17.6 Å². The van der Waals surface area contributed by atoms with E-state index >= 15 is 0 Å². The molecule has 0 atom stereocenters. The third-order valence-electron chi connectivity index (χ3n) is 6.38. The summed E-state index contributed by atoms with van der Waals surface area (Å²) in [6.45, 7) is 8.79. The van der Waals surface area contributed by atoms with Crippen molar-refractivity contribution in [3.63, 3.8) is 0 Å². The Morgan fingerprint density at radius 1 is 1.15 bits per heavy atom. The highest BCUT2D eigenvalue weighted by molar-refractivity contribution is 7.92. The van der Waals surface area contributed by atoms with Gasteiger partial charge in [0.15, 0.2) is 9.84 Å². The number of aryl methyl sites for hydroxylation is 1. The Hall–Kier alpha value is -1.36. The van der Waals surface area contributed by atoms with Gasteiger partial charge in [-0.2, -0.15) is 0 Å². The molecule has 1 saturated heterocycles. The smallest absolute Gasteiger partial charge is 0.226 e. The predicted octanol–water partition coefficient (Wildman–Crippen LogP) is 3.48. The van der Waals surface area contributed by atoms with Gasteiger partial charge in [-0.3, -0.25) is 4.79 Å². The standard InChI is InChI=1S/C22H33NO3S/c1-16-19(9-8-18-6-5-7-20(16)18)14-21(24)23-12-10-17(11-13-23)15-27(25,26)22(2,3)4/h8-9,17H,5-7,10-15H2,1-4H3. The monoisotopic (exact) mass is 391 g/mol. The number of fused-ring (bicyclic) bond motifs is 1. The molecular formula is C22H33NO3S. The van der Waals surface area contributed by atoms with Crippen molar-refractivity contribution < 1.29 is 13.2 Å². The number of rotatable bonds is 4. The van der Waals surface area contributed by atoms with Crippen LogP contribution in [0.15, 0.2) is 12.1 Å². The van der Waals surface area contributed by atoms with E-state index in [9.17, 15) is 13.2 Å². The van der Waals surface area contributed by atoms with E-state index in [2.05, 4.69) is 19.1 Å². The van der Waals surface area contributed by atoms with Gasteiger partial charge >= 0.3 is 0 Å². The topological polar surface area (TPSA) is 54.5 Å². The summed E-state index contributed by atoms with van der Waals surface area (Å²) in [5, 5.41) is 0. The van der Waals surface area contributed by atoms with E-state index in [1.807, 2.05) is 4.90 Å². The van der Waals surface area contributed by atoms with Crippen LogP contribution in [0.25, 0.3) is 0 Å². The second-order valence-corrected chi connectivity index (χ2v) is 12.0. The minimum Gasteiger partial charge on any atom is -0.342 e. The Kier molecular flexibility index (Phi) is 5.72. The van der Waals surface area contributed by atoms with Crippen LogP contribution in [0, 0.1) is 12.8 Å². The van der Waals surface area contributed by atoms with Crippen molar-refractivity contribution in [3.8, 4) is 0 Å². The molecule has 0 radical (unpaired) electrons. The lowest BCUT2D eigenvalue weighted by atomic mass is 9.95. The number of nitrogens with zero attached hydrogens (tertiary/aromatic N) is 1. The number of amides is 1. The summed E-state index contributed by atoms with van der Waals surface area (Å²) in [5.41, 5.74) is 5.35. The molecule has 1 aliphatic heterocycles. The number of piperidine rings is 1. The highest BCUT2D eigenvalue weighted by Crippen LogP contribution is 2.29. The molecule has 3 rings (SSSR count). The van der Waals surface area contributed by atoms with E-state index in [1.54, 1.807) is 20.8 Å². The number of carbonyl (C=O) groups excluding carboxylic acids is 1. The zero-order valence-corrected chi connectivity index (χ0v) is 18.0. The Balaban J connectivity index is 1.57. The average Bonchev–Trinajstić information content (AvgIpc) is 3.06. The molecule has 0 unspecified atom stereocenters. The zero-order valence-electron chi connectivity index (χ0n) is 17.2.